The van der Waals surface area contributed by atoms with E-state index in [0.29, 0.717) is 5.76 Å². The average Bonchev–Trinajstić information content (AvgIpc) is 2.83. The molecule has 2 heterocycles. The third-order valence-electron chi connectivity index (χ3n) is 2.00. The molecule has 88 valence electrons. The highest BCUT2D eigenvalue weighted by Gasteiger charge is 2.35. The van der Waals surface area contributed by atoms with E-state index in [0.717, 1.165) is 16.7 Å². The molecule has 2 rings (SSSR count). The molecule has 1 aromatic rings. The van der Waals surface area contributed by atoms with Crippen LogP contribution in [-0.4, -0.2) is 28.5 Å². The molecule has 1 aliphatic heterocycles. The van der Waals surface area contributed by atoms with Crippen LogP contribution in [0.4, 0.5) is 4.79 Å². The molecule has 0 aromatic carbocycles. The predicted octanol–water partition coefficient (Wildman–Crippen LogP) is 0.801. The SMILES string of the molecule is NC(=O)CN1C(=O)S/C(=C\c2ccco2)C1=O. The second-order valence-electron chi connectivity index (χ2n) is 3.25. The summed E-state index contributed by atoms with van der Waals surface area (Å²) < 4.78 is 5.03. The van der Waals surface area contributed by atoms with Gasteiger partial charge in [-0.25, -0.2) is 0 Å². The summed E-state index contributed by atoms with van der Waals surface area (Å²) in [6.45, 7) is -0.403. The number of rotatable bonds is 3. The molecule has 1 aliphatic rings. The third kappa shape index (κ3) is 2.39. The first kappa shape index (κ1) is 11.5. The van der Waals surface area contributed by atoms with Gasteiger partial charge in [0.2, 0.25) is 5.91 Å². The van der Waals surface area contributed by atoms with E-state index < -0.39 is 23.6 Å². The van der Waals surface area contributed by atoms with Gasteiger partial charge in [0, 0.05) is 6.08 Å². The van der Waals surface area contributed by atoms with Crippen LogP contribution in [0.15, 0.2) is 27.7 Å². The average molecular weight is 252 g/mol. The van der Waals surface area contributed by atoms with Crippen molar-refractivity contribution in [1.82, 2.24) is 4.90 Å². The number of hydrogen-bond acceptors (Lipinski definition) is 5. The molecular formula is C10H8N2O4S. The van der Waals surface area contributed by atoms with Crippen LogP contribution in [0.3, 0.4) is 0 Å². The Kier molecular flexibility index (Phi) is 3.01. The molecule has 0 aliphatic carbocycles. The number of carbonyl (C=O) groups excluding carboxylic acids is 3. The Morgan fingerprint density at radius 1 is 1.53 bits per heavy atom. The van der Waals surface area contributed by atoms with Crippen LogP contribution in [0.5, 0.6) is 0 Å². The van der Waals surface area contributed by atoms with E-state index in [4.69, 9.17) is 10.2 Å². The molecule has 7 heteroatoms. The van der Waals surface area contributed by atoms with Gasteiger partial charge in [0.15, 0.2) is 0 Å². The van der Waals surface area contributed by atoms with Crippen LogP contribution in [-0.2, 0) is 9.59 Å². The molecular weight excluding hydrogens is 244 g/mol. The first-order chi connectivity index (χ1) is 8.08. The number of carbonyl (C=O) groups is 3. The number of amides is 3. The molecule has 6 nitrogen and oxygen atoms in total. The maximum absolute atomic E-state index is 11.7. The maximum Gasteiger partial charge on any atom is 0.294 e. The lowest BCUT2D eigenvalue weighted by molar-refractivity contribution is -0.127. The van der Waals surface area contributed by atoms with E-state index in [1.807, 2.05) is 0 Å². The van der Waals surface area contributed by atoms with Crippen molar-refractivity contribution in [1.29, 1.82) is 0 Å². The highest BCUT2D eigenvalue weighted by atomic mass is 32.2. The summed E-state index contributed by atoms with van der Waals surface area (Å²) in [7, 11) is 0. The summed E-state index contributed by atoms with van der Waals surface area (Å²) in [5.74, 6) is -0.795. The van der Waals surface area contributed by atoms with Crippen LogP contribution in [0.2, 0.25) is 0 Å². The van der Waals surface area contributed by atoms with Crippen LogP contribution in [0.1, 0.15) is 5.76 Å². The third-order valence-corrected chi connectivity index (χ3v) is 2.91. The molecule has 0 bridgehead atoms. The van der Waals surface area contributed by atoms with Crippen molar-refractivity contribution >= 4 is 34.9 Å². The van der Waals surface area contributed by atoms with Gasteiger partial charge in [0.25, 0.3) is 11.1 Å². The molecule has 1 saturated heterocycles. The lowest BCUT2D eigenvalue weighted by Gasteiger charge is -2.08. The van der Waals surface area contributed by atoms with E-state index in [2.05, 4.69) is 0 Å². The Morgan fingerprint density at radius 2 is 2.29 bits per heavy atom. The van der Waals surface area contributed by atoms with E-state index in [9.17, 15) is 14.4 Å². The zero-order valence-electron chi connectivity index (χ0n) is 8.58. The van der Waals surface area contributed by atoms with Crippen molar-refractivity contribution in [3.63, 3.8) is 0 Å². The van der Waals surface area contributed by atoms with Gasteiger partial charge in [0.05, 0.1) is 11.2 Å². The molecule has 17 heavy (non-hydrogen) atoms. The van der Waals surface area contributed by atoms with Gasteiger partial charge in [-0.3, -0.25) is 19.3 Å². The number of imide groups is 1. The fourth-order valence-electron chi connectivity index (χ4n) is 1.29. The number of hydrogen-bond donors (Lipinski definition) is 1. The maximum atomic E-state index is 11.7. The lowest BCUT2D eigenvalue weighted by atomic mass is 10.3. The number of nitrogens with two attached hydrogens (primary N) is 1. The highest BCUT2D eigenvalue weighted by molar-refractivity contribution is 8.18. The van der Waals surface area contributed by atoms with Crippen LogP contribution in [0, 0.1) is 0 Å². The molecule has 0 atom stereocenters. The second kappa shape index (κ2) is 4.46. The normalized spacial score (nSPS) is 18.1. The second-order valence-corrected chi connectivity index (χ2v) is 4.24. The molecule has 3 amide bonds. The van der Waals surface area contributed by atoms with E-state index in [1.165, 1.54) is 12.3 Å². The summed E-state index contributed by atoms with van der Waals surface area (Å²) >= 11 is 0.753. The summed E-state index contributed by atoms with van der Waals surface area (Å²) in [5, 5.41) is -0.508. The number of primary amides is 1. The van der Waals surface area contributed by atoms with Gasteiger partial charge in [0.1, 0.15) is 12.3 Å². The Bertz CT molecular complexity index is 506. The first-order valence-electron chi connectivity index (χ1n) is 4.65. The molecule has 0 radical (unpaired) electrons. The van der Waals surface area contributed by atoms with E-state index in [-0.39, 0.29) is 4.91 Å². The standard InChI is InChI=1S/C10H8N2O4S/c11-8(13)5-12-9(14)7(17-10(12)15)4-6-2-1-3-16-6/h1-4H,5H2,(H2,11,13)/b7-4-. The van der Waals surface area contributed by atoms with Gasteiger partial charge in [-0.15, -0.1) is 0 Å². The van der Waals surface area contributed by atoms with Crippen LogP contribution < -0.4 is 5.73 Å². The molecule has 0 unspecified atom stereocenters. The Hall–Kier alpha value is -2.02. The van der Waals surface area contributed by atoms with Crippen molar-refractivity contribution in [2.75, 3.05) is 6.54 Å². The van der Waals surface area contributed by atoms with Gasteiger partial charge >= 0.3 is 0 Å². The fraction of sp³-hybridized carbons (Fsp3) is 0.100. The van der Waals surface area contributed by atoms with Crippen LogP contribution in [0.25, 0.3) is 6.08 Å². The van der Waals surface area contributed by atoms with Gasteiger partial charge < -0.3 is 10.2 Å². The van der Waals surface area contributed by atoms with Gasteiger partial charge in [-0.1, -0.05) is 0 Å². The summed E-state index contributed by atoms with van der Waals surface area (Å²) in [6, 6.07) is 3.32. The van der Waals surface area contributed by atoms with Crippen molar-refractivity contribution in [2.45, 2.75) is 0 Å². The Balaban J connectivity index is 2.21. The minimum atomic E-state index is -0.730. The largest absolute Gasteiger partial charge is 0.465 e. The summed E-state index contributed by atoms with van der Waals surface area (Å²) in [4.78, 5) is 34.9. The zero-order valence-corrected chi connectivity index (χ0v) is 9.40. The molecule has 1 fully saturated rings. The van der Waals surface area contributed by atoms with Gasteiger partial charge in [-0.2, -0.15) is 0 Å². The van der Waals surface area contributed by atoms with Crippen molar-refractivity contribution < 1.29 is 18.8 Å². The number of thioether (sulfide) groups is 1. The van der Waals surface area contributed by atoms with Crippen LogP contribution >= 0.6 is 11.8 Å². The van der Waals surface area contributed by atoms with E-state index in [1.54, 1.807) is 12.1 Å². The molecule has 0 saturated carbocycles. The lowest BCUT2D eigenvalue weighted by Crippen LogP contribution is -2.36. The fourth-order valence-corrected chi connectivity index (χ4v) is 2.11. The zero-order chi connectivity index (χ0) is 12.4. The topological polar surface area (TPSA) is 93.6 Å². The predicted molar refractivity (Wildman–Crippen MR) is 60.6 cm³/mol. The van der Waals surface area contributed by atoms with Crippen molar-refractivity contribution in [3.8, 4) is 0 Å². The molecule has 2 N–H and O–H groups in total. The monoisotopic (exact) mass is 252 g/mol. The van der Waals surface area contributed by atoms with Crippen molar-refractivity contribution in [3.05, 3.63) is 29.1 Å². The highest BCUT2D eigenvalue weighted by Crippen LogP contribution is 2.31. The molecule has 1 aromatic heterocycles. The minimum Gasteiger partial charge on any atom is -0.465 e. The quantitative estimate of drug-likeness (QED) is 0.803. The Morgan fingerprint density at radius 3 is 2.88 bits per heavy atom. The smallest absolute Gasteiger partial charge is 0.294 e. The number of nitrogens with zero attached hydrogens (tertiary/aromatic N) is 1. The van der Waals surface area contributed by atoms with Gasteiger partial charge in [-0.05, 0) is 23.9 Å². The number of furan rings is 1. The summed E-state index contributed by atoms with van der Waals surface area (Å²) in [6.07, 6.45) is 2.91. The Labute approximate surface area is 100 Å². The molecule has 0 spiro atoms. The van der Waals surface area contributed by atoms with Crippen molar-refractivity contribution in [2.24, 2.45) is 5.73 Å². The minimum absolute atomic E-state index is 0.214. The van der Waals surface area contributed by atoms with E-state index >= 15 is 0 Å². The first-order valence-corrected chi connectivity index (χ1v) is 5.47. The summed E-state index contributed by atoms with van der Waals surface area (Å²) in [5.41, 5.74) is 4.95.